The van der Waals surface area contributed by atoms with E-state index in [0.29, 0.717) is 25.4 Å². The Bertz CT molecular complexity index is 821. The topological polar surface area (TPSA) is 62.4 Å². The molecule has 1 aromatic heterocycles. The van der Waals surface area contributed by atoms with Crippen LogP contribution in [0.3, 0.4) is 0 Å². The van der Waals surface area contributed by atoms with Crippen LogP contribution in [0.15, 0.2) is 30.5 Å². The number of ether oxygens (including phenoxy) is 1. The van der Waals surface area contributed by atoms with Crippen LogP contribution >= 0.6 is 0 Å². The van der Waals surface area contributed by atoms with Crippen LogP contribution in [0.25, 0.3) is 10.9 Å². The molecule has 0 bridgehead atoms. The van der Waals surface area contributed by atoms with Crippen LogP contribution in [0.4, 0.5) is 0 Å². The van der Waals surface area contributed by atoms with Gasteiger partial charge in [0, 0.05) is 49.8 Å². The van der Waals surface area contributed by atoms with E-state index in [-0.39, 0.29) is 5.92 Å². The summed E-state index contributed by atoms with van der Waals surface area (Å²) in [7, 11) is -1.35. The average molecular weight is 334 g/mol. The summed E-state index contributed by atoms with van der Waals surface area (Å²) in [5, 5.41) is 1.22. The highest BCUT2D eigenvalue weighted by atomic mass is 32.2. The van der Waals surface area contributed by atoms with Crippen molar-refractivity contribution in [3.63, 3.8) is 0 Å². The fourth-order valence-electron chi connectivity index (χ4n) is 4.26. The van der Waals surface area contributed by atoms with E-state index in [2.05, 4.69) is 28.1 Å². The molecule has 2 aliphatic heterocycles. The van der Waals surface area contributed by atoms with Gasteiger partial charge in [-0.2, -0.15) is 0 Å². The summed E-state index contributed by atoms with van der Waals surface area (Å²) in [5.74, 6) is 0.444. The molecular weight excluding hydrogens is 312 g/mol. The van der Waals surface area contributed by atoms with Gasteiger partial charge in [-0.25, -0.2) is 8.42 Å². The number of H-pyrrole nitrogens is 1. The second-order valence-electron chi connectivity index (χ2n) is 6.83. The number of hydrogen-bond acceptors (Lipinski definition) is 4. The van der Waals surface area contributed by atoms with Gasteiger partial charge in [-0.05, 0) is 24.1 Å². The maximum Gasteiger partial charge on any atom is 0.158 e. The van der Waals surface area contributed by atoms with E-state index in [1.165, 1.54) is 10.9 Å². The molecule has 0 radical (unpaired) electrons. The fraction of sp³-hybridized carbons (Fsp3) is 0.529. The SMILES string of the molecule is COCC1CCS(=O)(=O)C12CN(Cc1cccc3[nH]ccc13)C2. The number of aromatic nitrogens is 1. The highest BCUT2D eigenvalue weighted by Gasteiger charge is 2.61. The van der Waals surface area contributed by atoms with Gasteiger partial charge in [0.1, 0.15) is 4.75 Å². The molecule has 5 nitrogen and oxygen atoms in total. The largest absolute Gasteiger partial charge is 0.384 e. The number of methoxy groups -OCH3 is 1. The molecular formula is C17H22N2O3S. The van der Waals surface area contributed by atoms with Crippen LogP contribution in [0.5, 0.6) is 0 Å². The monoisotopic (exact) mass is 334 g/mol. The van der Waals surface area contributed by atoms with Gasteiger partial charge in [-0.1, -0.05) is 12.1 Å². The van der Waals surface area contributed by atoms with Crippen molar-refractivity contribution in [2.75, 3.05) is 32.6 Å². The van der Waals surface area contributed by atoms with Gasteiger partial charge >= 0.3 is 0 Å². The molecule has 23 heavy (non-hydrogen) atoms. The molecule has 0 saturated carbocycles. The maximum absolute atomic E-state index is 12.5. The molecule has 1 spiro atoms. The minimum Gasteiger partial charge on any atom is -0.384 e. The van der Waals surface area contributed by atoms with E-state index in [1.807, 2.05) is 12.3 Å². The number of likely N-dealkylation sites (tertiary alicyclic amines) is 1. The van der Waals surface area contributed by atoms with Crippen molar-refractivity contribution in [2.45, 2.75) is 17.7 Å². The summed E-state index contributed by atoms with van der Waals surface area (Å²) in [5.41, 5.74) is 2.38. The zero-order valence-corrected chi connectivity index (χ0v) is 14.1. The lowest BCUT2D eigenvalue weighted by atomic mass is 9.83. The van der Waals surface area contributed by atoms with E-state index in [1.54, 1.807) is 7.11 Å². The maximum atomic E-state index is 12.5. The standard InChI is InChI=1S/C17H22N2O3S/c1-22-10-14-6-8-23(20,21)17(14)11-19(12-17)9-13-3-2-4-16-15(13)5-7-18-16/h2-5,7,14,18H,6,8-12H2,1H3. The molecule has 4 rings (SSSR count). The Morgan fingerprint density at radius 2 is 2.17 bits per heavy atom. The van der Waals surface area contributed by atoms with Crippen LogP contribution in [-0.2, 0) is 21.1 Å². The highest BCUT2D eigenvalue weighted by Crippen LogP contribution is 2.45. The van der Waals surface area contributed by atoms with E-state index in [0.717, 1.165) is 18.5 Å². The third kappa shape index (κ3) is 2.23. The van der Waals surface area contributed by atoms with Crippen molar-refractivity contribution in [2.24, 2.45) is 5.92 Å². The predicted molar refractivity (Wildman–Crippen MR) is 90.1 cm³/mol. The number of fused-ring (bicyclic) bond motifs is 1. The Kier molecular flexibility index (Phi) is 3.51. The Morgan fingerprint density at radius 1 is 1.35 bits per heavy atom. The Labute approximate surface area is 136 Å². The number of hydrogen-bond donors (Lipinski definition) is 1. The minimum absolute atomic E-state index is 0.136. The molecule has 1 aromatic carbocycles. The first-order valence-electron chi connectivity index (χ1n) is 8.04. The normalized spacial score (nSPS) is 25.9. The molecule has 1 unspecified atom stereocenters. The first kappa shape index (κ1) is 15.2. The zero-order chi connectivity index (χ0) is 16.1. The van der Waals surface area contributed by atoms with Crippen molar-refractivity contribution in [1.82, 2.24) is 9.88 Å². The van der Waals surface area contributed by atoms with Crippen molar-refractivity contribution >= 4 is 20.7 Å². The number of nitrogens with one attached hydrogen (secondary N) is 1. The number of benzene rings is 1. The highest BCUT2D eigenvalue weighted by molar-refractivity contribution is 7.93. The van der Waals surface area contributed by atoms with Gasteiger partial charge in [-0.15, -0.1) is 0 Å². The summed E-state index contributed by atoms with van der Waals surface area (Å²) in [4.78, 5) is 5.47. The number of sulfone groups is 1. The molecule has 2 saturated heterocycles. The molecule has 2 fully saturated rings. The van der Waals surface area contributed by atoms with Gasteiger partial charge in [0.2, 0.25) is 0 Å². The van der Waals surface area contributed by atoms with E-state index < -0.39 is 14.6 Å². The second-order valence-corrected chi connectivity index (χ2v) is 9.28. The minimum atomic E-state index is -3.01. The fourth-order valence-corrected chi connectivity index (χ4v) is 6.71. The first-order valence-corrected chi connectivity index (χ1v) is 9.69. The zero-order valence-electron chi connectivity index (χ0n) is 13.3. The Morgan fingerprint density at radius 3 is 2.96 bits per heavy atom. The van der Waals surface area contributed by atoms with Crippen LogP contribution in [0.2, 0.25) is 0 Å². The molecule has 6 heteroatoms. The lowest BCUT2D eigenvalue weighted by Gasteiger charge is -2.50. The summed E-state index contributed by atoms with van der Waals surface area (Å²) >= 11 is 0. The Hall–Kier alpha value is -1.37. The van der Waals surface area contributed by atoms with E-state index in [4.69, 9.17) is 4.74 Å². The van der Waals surface area contributed by atoms with Gasteiger partial charge in [-0.3, -0.25) is 4.90 Å². The molecule has 1 N–H and O–H groups in total. The summed E-state index contributed by atoms with van der Waals surface area (Å²) in [6, 6.07) is 8.31. The summed E-state index contributed by atoms with van der Waals surface area (Å²) in [6.07, 6.45) is 2.68. The van der Waals surface area contributed by atoms with Crippen LogP contribution in [-0.4, -0.2) is 55.6 Å². The smallest absolute Gasteiger partial charge is 0.158 e. The molecule has 124 valence electrons. The molecule has 0 amide bonds. The summed E-state index contributed by atoms with van der Waals surface area (Å²) in [6.45, 7) is 2.60. The van der Waals surface area contributed by atoms with Crippen LogP contribution in [0.1, 0.15) is 12.0 Å². The van der Waals surface area contributed by atoms with Crippen LogP contribution < -0.4 is 0 Å². The number of aromatic amines is 1. The lowest BCUT2D eigenvalue weighted by molar-refractivity contribution is 0.0414. The van der Waals surface area contributed by atoms with Gasteiger partial charge in [0.25, 0.3) is 0 Å². The van der Waals surface area contributed by atoms with Crippen molar-refractivity contribution in [3.05, 3.63) is 36.0 Å². The van der Waals surface area contributed by atoms with Crippen molar-refractivity contribution < 1.29 is 13.2 Å². The Balaban J connectivity index is 1.53. The summed E-state index contributed by atoms with van der Waals surface area (Å²) < 4.78 is 29.8. The van der Waals surface area contributed by atoms with Crippen molar-refractivity contribution in [1.29, 1.82) is 0 Å². The number of rotatable bonds is 4. The van der Waals surface area contributed by atoms with Gasteiger partial charge in [0.15, 0.2) is 9.84 Å². The quantitative estimate of drug-likeness (QED) is 0.926. The van der Waals surface area contributed by atoms with Gasteiger partial charge < -0.3 is 9.72 Å². The third-order valence-electron chi connectivity index (χ3n) is 5.53. The predicted octanol–water partition coefficient (Wildman–Crippen LogP) is 1.80. The van der Waals surface area contributed by atoms with E-state index in [9.17, 15) is 8.42 Å². The molecule has 0 aliphatic carbocycles. The lowest BCUT2D eigenvalue weighted by Crippen LogP contribution is -2.67. The molecule has 2 aliphatic rings. The molecule has 3 heterocycles. The van der Waals surface area contributed by atoms with Crippen molar-refractivity contribution in [3.8, 4) is 0 Å². The molecule has 2 aromatic rings. The molecule has 1 atom stereocenters. The number of nitrogens with zero attached hydrogens (tertiary/aromatic N) is 1. The first-order chi connectivity index (χ1) is 11.1. The van der Waals surface area contributed by atoms with E-state index >= 15 is 0 Å². The third-order valence-corrected chi connectivity index (χ3v) is 8.13. The van der Waals surface area contributed by atoms with Crippen LogP contribution in [0, 0.1) is 5.92 Å². The van der Waals surface area contributed by atoms with Gasteiger partial charge in [0.05, 0.1) is 12.4 Å². The second kappa shape index (κ2) is 5.33. The average Bonchev–Trinajstić information content (AvgIpc) is 3.04.